The lowest BCUT2D eigenvalue weighted by atomic mass is 9.97. The molecule has 5 atom stereocenters. The van der Waals surface area contributed by atoms with Gasteiger partial charge < -0.3 is 24.4 Å². The molecule has 15 heteroatoms. The summed E-state index contributed by atoms with van der Waals surface area (Å²) in [5.41, 5.74) is -1.28. The molecule has 1 aromatic rings. The number of rotatable bonds is 11. The summed E-state index contributed by atoms with van der Waals surface area (Å²) in [7, 11) is -1.11. The molecule has 0 aliphatic carbocycles. The van der Waals surface area contributed by atoms with Gasteiger partial charge in [-0.2, -0.15) is 0 Å². The van der Waals surface area contributed by atoms with Crippen molar-refractivity contribution in [3.63, 3.8) is 0 Å². The minimum absolute atomic E-state index is 0.00463. The highest BCUT2D eigenvalue weighted by Crippen LogP contribution is 2.42. The summed E-state index contributed by atoms with van der Waals surface area (Å²) in [6, 6.07) is 0. The summed E-state index contributed by atoms with van der Waals surface area (Å²) in [5, 5.41) is 18.4. The Labute approximate surface area is 181 Å². The first kappa shape index (κ1) is 25.2. The number of thiol groups is 1. The van der Waals surface area contributed by atoms with Gasteiger partial charge in [-0.3, -0.25) is 23.9 Å². The number of ether oxygens (including phenoxy) is 3. The van der Waals surface area contributed by atoms with Crippen LogP contribution in [-0.4, -0.2) is 70.3 Å². The van der Waals surface area contributed by atoms with Gasteiger partial charge in [0.2, 0.25) is 0 Å². The first-order chi connectivity index (χ1) is 14.6. The summed E-state index contributed by atoms with van der Waals surface area (Å²) in [6.07, 6.45) is -4.20. The van der Waals surface area contributed by atoms with Crippen molar-refractivity contribution in [2.45, 2.75) is 37.9 Å². The van der Waals surface area contributed by atoms with E-state index in [9.17, 15) is 34.0 Å². The van der Waals surface area contributed by atoms with E-state index in [-0.39, 0.29) is 18.8 Å². The second kappa shape index (κ2) is 11.0. The number of methoxy groups -OCH3 is 1. The predicted octanol–water partition coefficient (Wildman–Crippen LogP) is -0.0781. The third kappa shape index (κ3) is 6.21. The average Bonchev–Trinajstić information content (AvgIpc) is 2.99. The van der Waals surface area contributed by atoms with Crippen molar-refractivity contribution in [3.05, 3.63) is 32.6 Å². The van der Waals surface area contributed by atoms with Crippen LogP contribution in [0.1, 0.15) is 18.2 Å². The predicted molar refractivity (Wildman–Crippen MR) is 106 cm³/mol. The zero-order valence-electron chi connectivity index (χ0n) is 16.5. The van der Waals surface area contributed by atoms with Crippen LogP contribution in [0.4, 0.5) is 0 Å². The molecule has 2 heterocycles. The molecule has 0 radical (unpaired) electrons. The number of nitrogens with zero attached hydrogens (tertiary/aromatic N) is 1. The maximum Gasteiger partial charge on any atom is 0.582 e. The highest BCUT2D eigenvalue weighted by Gasteiger charge is 2.53. The summed E-state index contributed by atoms with van der Waals surface area (Å²) >= 11 is 3.71. The fraction of sp³-hybridized carbons (Fsp3) is 0.625. The Kier molecular flexibility index (Phi) is 8.91. The molecule has 1 aliphatic heterocycles. The molecule has 172 valence electrons. The van der Waals surface area contributed by atoms with Gasteiger partial charge in [-0.1, -0.05) is 0 Å². The summed E-state index contributed by atoms with van der Waals surface area (Å²) < 4.78 is 34.4. The highest BCUT2D eigenvalue weighted by atomic mass is 32.7. The zero-order valence-corrected chi connectivity index (χ0v) is 18.3. The molecular weight excluding hydrogens is 459 g/mol. The van der Waals surface area contributed by atoms with Crippen LogP contribution in [0.2, 0.25) is 0 Å². The third-order valence-corrected chi connectivity index (χ3v) is 5.29. The van der Waals surface area contributed by atoms with Gasteiger partial charge in [0.25, 0.3) is 5.56 Å². The van der Waals surface area contributed by atoms with Gasteiger partial charge in [0.15, 0.2) is 18.2 Å². The maximum atomic E-state index is 12.4. The number of aliphatic carboxylic acids is 2. The van der Waals surface area contributed by atoms with Crippen molar-refractivity contribution in [3.8, 4) is 0 Å². The minimum atomic E-state index is -2.53. The topological polar surface area (TPSA) is 183 Å². The normalized spacial score (nSPS) is 23.8. The van der Waals surface area contributed by atoms with Crippen LogP contribution in [0.3, 0.4) is 0 Å². The molecule has 3 N–H and O–H groups in total. The molecule has 0 aromatic carbocycles. The van der Waals surface area contributed by atoms with Gasteiger partial charge in [-0.25, -0.2) is 4.79 Å². The number of nitrogens with one attached hydrogen (secondary N) is 1. The molecule has 1 aromatic heterocycles. The number of carboxylic acids is 2. The Morgan fingerprint density at radius 3 is 2.48 bits per heavy atom. The van der Waals surface area contributed by atoms with E-state index in [1.807, 2.05) is 0 Å². The first-order valence-corrected chi connectivity index (χ1v) is 11.3. The molecule has 2 rings (SSSR count). The third-order valence-electron chi connectivity index (χ3n) is 4.58. The fourth-order valence-corrected chi connectivity index (χ4v) is 3.90. The SMILES string of the molecule is COCCOC1C(O[P+](=O)S)[C@@H](CC(C(=O)O)C(=O)O)O[C@H]1n1cc(C)c(=O)[nH]c1=O. The first-order valence-electron chi connectivity index (χ1n) is 8.93. The van der Waals surface area contributed by atoms with Crippen LogP contribution >= 0.6 is 19.5 Å². The summed E-state index contributed by atoms with van der Waals surface area (Å²) in [6.45, 7) is 1.58. The van der Waals surface area contributed by atoms with Gasteiger partial charge in [0.1, 0.15) is 18.4 Å². The number of carbonyl (C=O) groups is 2. The molecule has 1 saturated heterocycles. The van der Waals surface area contributed by atoms with Crippen molar-refractivity contribution in [2.24, 2.45) is 5.92 Å². The average molecular weight is 481 g/mol. The fourth-order valence-electron chi connectivity index (χ4n) is 3.11. The van der Waals surface area contributed by atoms with Crippen LogP contribution in [-0.2, 0) is 32.9 Å². The molecular formula is C16H22N2O11PS+. The minimum Gasteiger partial charge on any atom is -0.481 e. The van der Waals surface area contributed by atoms with Crippen LogP contribution < -0.4 is 11.2 Å². The van der Waals surface area contributed by atoms with Crippen LogP contribution in [0.5, 0.6) is 0 Å². The van der Waals surface area contributed by atoms with Gasteiger partial charge in [0, 0.05) is 25.3 Å². The lowest BCUT2D eigenvalue weighted by Crippen LogP contribution is -2.41. The smallest absolute Gasteiger partial charge is 0.481 e. The number of hydrogen-bond donors (Lipinski definition) is 4. The molecule has 0 saturated carbocycles. The van der Waals surface area contributed by atoms with E-state index in [2.05, 4.69) is 17.2 Å². The summed E-state index contributed by atoms with van der Waals surface area (Å²) in [5.74, 6) is -5.08. The molecule has 1 fully saturated rings. The number of aromatic amines is 1. The maximum absolute atomic E-state index is 12.4. The van der Waals surface area contributed by atoms with Gasteiger partial charge in [-0.05, 0) is 11.5 Å². The van der Waals surface area contributed by atoms with Gasteiger partial charge >= 0.3 is 24.9 Å². The Bertz CT molecular complexity index is 934. The van der Waals surface area contributed by atoms with Crippen LogP contribution in [0, 0.1) is 12.8 Å². The quantitative estimate of drug-likeness (QED) is 0.143. The van der Waals surface area contributed by atoms with E-state index in [1.165, 1.54) is 20.2 Å². The standard InChI is InChI=1S/C16H21N2O11PS/c1-7-6-18(16(24)17-12(7)19)13-11(27-4-3-26-2)10(29-30(25)31)9(28-13)5-8(14(20)21)15(22)23/h6,8-11,13H,3-5H2,1-2H3,(H3-,17,19,20,21,22,23,24,25,31)/p+1/t9-,10?,11?,13-/m1/s1. The largest absolute Gasteiger partial charge is 0.582 e. The second-order valence-electron chi connectivity index (χ2n) is 6.64. The molecule has 13 nitrogen and oxygen atoms in total. The van der Waals surface area contributed by atoms with Crippen molar-refractivity contribution in [1.29, 1.82) is 0 Å². The van der Waals surface area contributed by atoms with E-state index < -0.39 is 67.3 Å². The van der Waals surface area contributed by atoms with E-state index in [0.29, 0.717) is 0 Å². The highest BCUT2D eigenvalue weighted by molar-refractivity contribution is 8.39. The monoisotopic (exact) mass is 481 g/mol. The number of carboxylic acid groups (broad SMARTS) is 2. The van der Waals surface area contributed by atoms with Crippen molar-refractivity contribution >= 4 is 31.4 Å². The molecule has 0 spiro atoms. The molecule has 0 bridgehead atoms. The Morgan fingerprint density at radius 2 is 1.94 bits per heavy atom. The van der Waals surface area contributed by atoms with Gasteiger partial charge in [-0.15, -0.1) is 4.52 Å². The zero-order chi connectivity index (χ0) is 23.3. The second-order valence-corrected chi connectivity index (χ2v) is 8.31. The molecule has 3 unspecified atom stereocenters. The lowest BCUT2D eigenvalue weighted by Gasteiger charge is -2.22. The van der Waals surface area contributed by atoms with E-state index in [4.69, 9.17) is 18.7 Å². The van der Waals surface area contributed by atoms with Crippen molar-refractivity contribution in [1.82, 2.24) is 9.55 Å². The number of aryl methyl sites for hydroxylation is 1. The Hall–Kier alpha value is -2.09. The van der Waals surface area contributed by atoms with Crippen molar-refractivity contribution < 1.29 is 43.1 Å². The molecule has 0 amide bonds. The van der Waals surface area contributed by atoms with E-state index in [0.717, 1.165) is 4.57 Å². The Morgan fingerprint density at radius 1 is 1.29 bits per heavy atom. The van der Waals surface area contributed by atoms with E-state index >= 15 is 0 Å². The Balaban J connectivity index is 2.49. The summed E-state index contributed by atoms with van der Waals surface area (Å²) in [4.78, 5) is 48.9. The van der Waals surface area contributed by atoms with Crippen molar-refractivity contribution in [2.75, 3.05) is 20.3 Å². The van der Waals surface area contributed by atoms with Crippen LogP contribution in [0.25, 0.3) is 0 Å². The number of aromatic nitrogens is 2. The van der Waals surface area contributed by atoms with Crippen LogP contribution in [0.15, 0.2) is 15.8 Å². The molecule has 1 aliphatic rings. The lowest BCUT2D eigenvalue weighted by molar-refractivity contribution is -0.157. The number of H-pyrrole nitrogens is 1. The van der Waals surface area contributed by atoms with Gasteiger partial charge in [0.05, 0.1) is 19.3 Å². The number of hydrogen-bond acceptors (Lipinski definition) is 9. The molecule has 31 heavy (non-hydrogen) atoms. The van der Waals surface area contributed by atoms with E-state index in [1.54, 1.807) is 0 Å².